The van der Waals surface area contributed by atoms with Gasteiger partial charge in [-0.2, -0.15) is 8.42 Å². The first-order chi connectivity index (χ1) is 13.7. The number of halogens is 2. The van der Waals surface area contributed by atoms with Crippen LogP contribution in [0.4, 0.5) is 0 Å². The largest absolute Gasteiger partial charge is 0.370 e. The molecule has 0 radical (unpaired) electrons. The quantitative estimate of drug-likeness (QED) is 0.157. The average molecular weight is 501 g/mol. The lowest BCUT2D eigenvalue weighted by Crippen LogP contribution is -2.41. The fourth-order valence-corrected chi connectivity index (χ4v) is 2.42. The van der Waals surface area contributed by atoms with E-state index in [-0.39, 0.29) is 24.8 Å². The van der Waals surface area contributed by atoms with Crippen molar-refractivity contribution in [2.45, 2.75) is 64.8 Å². The molecule has 0 aliphatic carbocycles. The third-order valence-electron chi connectivity index (χ3n) is 3.82. The van der Waals surface area contributed by atoms with Gasteiger partial charge in [0.05, 0.1) is 12.8 Å². The second kappa shape index (κ2) is 21.7. The summed E-state index contributed by atoms with van der Waals surface area (Å²) < 4.78 is 25.9. The number of rotatable bonds is 11. The van der Waals surface area contributed by atoms with E-state index < -0.39 is 10.1 Å². The maximum Gasteiger partial charge on any atom is 0.261 e. The summed E-state index contributed by atoms with van der Waals surface area (Å²) in [5.74, 6) is 0.642. The van der Waals surface area contributed by atoms with Gasteiger partial charge < -0.3 is 11.5 Å². The van der Waals surface area contributed by atoms with Gasteiger partial charge in [-0.3, -0.25) is 14.9 Å². The van der Waals surface area contributed by atoms with Crippen molar-refractivity contribution in [1.82, 2.24) is 5.32 Å². The Balaban J connectivity index is -0.00000100. The molecule has 0 saturated heterocycles. The van der Waals surface area contributed by atoms with Crippen molar-refractivity contribution in [2.24, 2.45) is 21.5 Å². The van der Waals surface area contributed by atoms with Crippen molar-refractivity contribution in [3.63, 3.8) is 0 Å². The molecule has 11 heteroatoms. The summed E-state index contributed by atoms with van der Waals surface area (Å²) >= 11 is 0. The van der Waals surface area contributed by atoms with E-state index in [2.05, 4.69) is 22.2 Å². The van der Waals surface area contributed by atoms with Crippen LogP contribution in [0.5, 0.6) is 0 Å². The summed E-state index contributed by atoms with van der Waals surface area (Å²) in [5.41, 5.74) is 12.7. The highest BCUT2D eigenvalue weighted by Crippen LogP contribution is 2.08. The van der Waals surface area contributed by atoms with E-state index in [1.165, 1.54) is 44.9 Å². The summed E-state index contributed by atoms with van der Waals surface area (Å²) in [6.07, 6.45) is 11.0. The number of benzene rings is 1. The van der Waals surface area contributed by atoms with Gasteiger partial charge in [0.15, 0.2) is 11.9 Å². The Morgan fingerprint density at radius 2 is 1.35 bits per heavy atom. The van der Waals surface area contributed by atoms with E-state index >= 15 is 0 Å². The second-order valence-electron chi connectivity index (χ2n) is 6.79. The van der Waals surface area contributed by atoms with Gasteiger partial charge in [0.25, 0.3) is 10.1 Å². The van der Waals surface area contributed by atoms with Crippen LogP contribution in [0.2, 0.25) is 0 Å². The molecule has 0 fully saturated rings. The molecule has 0 spiro atoms. The maximum absolute atomic E-state index is 9.19. The van der Waals surface area contributed by atoms with Crippen molar-refractivity contribution in [1.29, 1.82) is 0 Å². The van der Waals surface area contributed by atoms with E-state index in [0.29, 0.717) is 24.7 Å². The van der Waals surface area contributed by atoms with Crippen molar-refractivity contribution < 1.29 is 13.0 Å². The van der Waals surface area contributed by atoms with Gasteiger partial charge in [-0.05, 0) is 12.0 Å². The summed E-state index contributed by atoms with van der Waals surface area (Å²) in [5, 5.41) is 2.83. The monoisotopic (exact) mass is 499 g/mol. The highest BCUT2D eigenvalue weighted by molar-refractivity contribution is 7.85. The molecular formula is C20H39Cl2N5O3S. The van der Waals surface area contributed by atoms with Gasteiger partial charge in [-0.1, -0.05) is 82.2 Å². The van der Waals surface area contributed by atoms with E-state index in [4.69, 9.17) is 16.0 Å². The lowest BCUT2D eigenvalue weighted by molar-refractivity contribution is 0.490. The van der Waals surface area contributed by atoms with Crippen LogP contribution >= 0.6 is 24.8 Å². The third-order valence-corrected chi connectivity index (χ3v) is 3.82. The summed E-state index contributed by atoms with van der Waals surface area (Å²) in [6.45, 7) is 3.51. The summed E-state index contributed by atoms with van der Waals surface area (Å²) in [7, 11) is -3.67. The first kappa shape index (κ1) is 34.1. The first-order valence-electron chi connectivity index (χ1n) is 10.1. The fraction of sp³-hybridized carbons (Fsp3) is 0.600. The van der Waals surface area contributed by atoms with Crippen LogP contribution in [0.25, 0.3) is 0 Å². The Labute approximate surface area is 200 Å². The van der Waals surface area contributed by atoms with Gasteiger partial charge in [0.1, 0.15) is 0 Å². The predicted molar refractivity (Wildman–Crippen MR) is 136 cm³/mol. The number of nitrogens with one attached hydrogen (secondary N) is 1. The topological polar surface area (TPSA) is 143 Å². The molecule has 0 amide bonds. The minimum absolute atomic E-state index is 0. The lowest BCUT2D eigenvalue weighted by Gasteiger charge is -2.05. The molecule has 182 valence electrons. The normalized spacial score (nSPS) is 11.5. The Kier molecular flexibility index (Phi) is 23.8. The fourth-order valence-electron chi connectivity index (χ4n) is 2.42. The van der Waals surface area contributed by atoms with Crippen LogP contribution in [-0.2, 0) is 16.7 Å². The van der Waals surface area contributed by atoms with Crippen molar-refractivity contribution >= 4 is 46.9 Å². The Morgan fingerprint density at radius 3 is 1.87 bits per heavy atom. The van der Waals surface area contributed by atoms with E-state index in [0.717, 1.165) is 18.5 Å². The zero-order chi connectivity index (χ0) is 22.0. The molecule has 1 aromatic carbocycles. The Bertz CT molecular complexity index is 694. The summed E-state index contributed by atoms with van der Waals surface area (Å²) in [6, 6.07) is 9.96. The van der Waals surface area contributed by atoms with Crippen LogP contribution < -0.4 is 16.8 Å². The zero-order valence-corrected chi connectivity index (χ0v) is 20.9. The molecule has 0 atom stereocenters. The zero-order valence-electron chi connectivity index (χ0n) is 18.5. The predicted octanol–water partition coefficient (Wildman–Crippen LogP) is 3.89. The number of guanidine groups is 2. The van der Waals surface area contributed by atoms with Crippen LogP contribution in [-0.4, -0.2) is 37.7 Å². The van der Waals surface area contributed by atoms with Gasteiger partial charge in [0.2, 0.25) is 0 Å². The molecular weight excluding hydrogens is 461 g/mol. The molecule has 0 bridgehead atoms. The molecule has 31 heavy (non-hydrogen) atoms. The molecule has 0 aliphatic heterocycles. The molecule has 0 heterocycles. The molecule has 0 aliphatic rings. The summed E-state index contributed by atoms with van der Waals surface area (Å²) in [4.78, 5) is 8.54. The molecule has 0 saturated carbocycles. The van der Waals surface area contributed by atoms with Crippen molar-refractivity contribution in [3.8, 4) is 0 Å². The molecule has 0 unspecified atom stereocenters. The van der Waals surface area contributed by atoms with Crippen LogP contribution in [0.1, 0.15) is 63.9 Å². The highest BCUT2D eigenvalue weighted by atomic mass is 35.5. The van der Waals surface area contributed by atoms with E-state index in [9.17, 15) is 8.42 Å². The third kappa shape index (κ3) is 28.4. The van der Waals surface area contributed by atoms with Crippen molar-refractivity contribution in [3.05, 3.63) is 35.9 Å². The number of nitrogens with two attached hydrogens (primary N) is 2. The van der Waals surface area contributed by atoms with Crippen LogP contribution in [0, 0.1) is 0 Å². The standard InChI is InChI=1S/C19H33N5.CH4O3S.2ClH/c1-2-3-4-5-6-7-8-12-15-22-18(20)24-19(21)23-16-17-13-10-9-11-14-17;1-5(2,3)4;;/h9-11,13-14H,2-8,12,15-16H2,1H3,(H5,20,21,22,23,24);1H3,(H,2,3,4);2*1H. The number of unbranched alkanes of at least 4 members (excludes halogenated alkanes) is 7. The number of hydrogen-bond donors (Lipinski definition) is 4. The Morgan fingerprint density at radius 1 is 0.903 bits per heavy atom. The second-order valence-corrected chi connectivity index (χ2v) is 8.25. The molecule has 1 aromatic rings. The average Bonchev–Trinajstić information content (AvgIpc) is 2.64. The van der Waals surface area contributed by atoms with Gasteiger partial charge >= 0.3 is 0 Å². The lowest BCUT2D eigenvalue weighted by atomic mass is 10.1. The highest BCUT2D eigenvalue weighted by Gasteiger charge is 1.96. The van der Waals surface area contributed by atoms with Crippen LogP contribution in [0.3, 0.4) is 0 Å². The number of aliphatic imine (C=N–C) groups is 2. The SMILES string of the molecule is CCCCCCCCCCN=C(N)NC(N)=NCc1ccccc1.CS(=O)(=O)O.Cl.Cl. The van der Waals surface area contributed by atoms with Gasteiger partial charge in [-0.25, -0.2) is 4.99 Å². The minimum Gasteiger partial charge on any atom is -0.370 e. The molecule has 0 aromatic heterocycles. The Hall–Kier alpha value is -1.55. The molecule has 1 rings (SSSR count). The smallest absolute Gasteiger partial charge is 0.261 e. The maximum atomic E-state index is 9.19. The number of hydrogen-bond acceptors (Lipinski definition) is 4. The van der Waals surface area contributed by atoms with E-state index in [1.807, 2.05) is 30.3 Å². The molecule has 6 N–H and O–H groups in total. The van der Waals surface area contributed by atoms with Crippen molar-refractivity contribution in [2.75, 3.05) is 12.8 Å². The number of nitrogens with zero attached hydrogens (tertiary/aromatic N) is 2. The molecule has 8 nitrogen and oxygen atoms in total. The van der Waals surface area contributed by atoms with Crippen LogP contribution in [0.15, 0.2) is 40.3 Å². The van der Waals surface area contributed by atoms with Gasteiger partial charge in [-0.15, -0.1) is 24.8 Å². The first-order valence-corrected chi connectivity index (χ1v) is 11.9. The van der Waals surface area contributed by atoms with E-state index in [1.54, 1.807) is 0 Å². The van der Waals surface area contributed by atoms with Gasteiger partial charge in [0, 0.05) is 6.54 Å². The minimum atomic E-state index is -3.67.